The van der Waals surface area contributed by atoms with Crippen molar-refractivity contribution in [1.29, 1.82) is 0 Å². The molecule has 11 heteroatoms. The summed E-state index contributed by atoms with van der Waals surface area (Å²) >= 11 is 2.70. The van der Waals surface area contributed by atoms with E-state index in [1.165, 1.54) is 35.2 Å². The Morgan fingerprint density at radius 1 is 1.05 bits per heavy atom. The van der Waals surface area contributed by atoms with Gasteiger partial charge in [0.1, 0.15) is 4.70 Å². The molecule has 5 aromatic rings. The van der Waals surface area contributed by atoms with Crippen LogP contribution in [0.3, 0.4) is 0 Å². The Morgan fingerprint density at radius 2 is 1.84 bits per heavy atom. The van der Waals surface area contributed by atoms with Crippen molar-refractivity contribution in [3.05, 3.63) is 82.0 Å². The Kier molecular flexibility index (Phi) is 6.91. The maximum Gasteiger partial charge on any atom is 0.416 e. The zero-order valence-corrected chi connectivity index (χ0v) is 21.5. The average Bonchev–Trinajstić information content (AvgIpc) is 3.52. The number of hydrogen-bond donors (Lipinski definition) is 0. The molecule has 3 heterocycles. The summed E-state index contributed by atoms with van der Waals surface area (Å²) in [6, 6.07) is 14.8. The SMILES string of the molecule is CCCn1c(SCc2nc(-c3cccc(C(F)(F)F)c3)no2)nc2cc(-c3ccc(C)cc3)sc2c1=O. The largest absolute Gasteiger partial charge is 0.416 e. The summed E-state index contributed by atoms with van der Waals surface area (Å²) in [7, 11) is 0. The van der Waals surface area contributed by atoms with E-state index in [0.29, 0.717) is 21.9 Å². The van der Waals surface area contributed by atoms with Gasteiger partial charge in [0.15, 0.2) is 5.16 Å². The smallest absolute Gasteiger partial charge is 0.338 e. The topological polar surface area (TPSA) is 73.8 Å². The molecule has 2 aromatic carbocycles. The van der Waals surface area contributed by atoms with Gasteiger partial charge in [0.2, 0.25) is 11.7 Å². The molecule has 0 aliphatic heterocycles. The van der Waals surface area contributed by atoms with Crippen LogP contribution < -0.4 is 5.56 Å². The van der Waals surface area contributed by atoms with Gasteiger partial charge in [0, 0.05) is 17.0 Å². The van der Waals surface area contributed by atoms with Gasteiger partial charge in [-0.15, -0.1) is 11.3 Å². The van der Waals surface area contributed by atoms with Gasteiger partial charge < -0.3 is 4.52 Å². The molecule has 0 saturated heterocycles. The number of aromatic nitrogens is 4. The second-order valence-corrected chi connectivity index (χ2v) is 10.4. The lowest BCUT2D eigenvalue weighted by Crippen LogP contribution is -2.22. The number of halogens is 3. The molecule has 0 N–H and O–H groups in total. The first-order valence-electron chi connectivity index (χ1n) is 11.5. The van der Waals surface area contributed by atoms with E-state index >= 15 is 0 Å². The summed E-state index contributed by atoms with van der Waals surface area (Å²) in [5, 5.41) is 4.36. The summed E-state index contributed by atoms with van der Waals surface area (Å²) < 4.78 is 46.7. The quantitative estimate of drug-likeness (QED) is 0.160. The number of nitrogens with zero attached hydrogens (tertiary/aromatic N) is 4. The zero-order valence-electron chi connectivity index (χ0n) is 19.9. The van der Waals surface area contributed by atoms with E-state index in [1.54, 1.807) is 4.57 Å². The first-order chi connectivity index (χ1) is 17.7. The van der Waals surface area contributed by atoms with Crippen LogP contribution in [-0.2, 0) is 18.5 Å². The van der Waals surface area contributed by atoms with Crippen LogP contribution in [0.25, 0.3) is 32.0 Å². The highest BCUT2D eigenvalue weighted by Crippen LogP contribution is 2.34. The third-order valence-corrected chi connectivity index (χ3v) is 7.75. The number of rotatable bonds is 7. The predicted molar refractivity (Wildman–Crippen MR) is 139 cm³/mol. The van der Waals surface area contributed by atoms with Gasteiger partial charge in [-0.05, 0) is 37.1 Å². The summed E-state index contributed by atoms with van der Waals surface area (Å²) in [6.07, 6.45) is -3.72. The predicted octanol–water partition coefficient (Wildman–Crippen LogP) is 7.20. The molecule has 5 rings (SSSR count). The van der Waals surface area contributed by atoms with Crippen molar-refractivity contribution in [3.8, 4) is 21.8 Å². The van der Waals surface area contributed by atoms with Crippen LogP contribution in [0, 0.1) is 6.92 Å². The lowest BCUT2D eigenvalue weighted by Gasteiger charge is -2.09. The van der Waals surface area contributed by atoms with Gasteiger partial charge in [-0.1, -0.05) is 65.8 Å². The van der Waals surface area contributed by atoms with Crippen molar-refractivity contribution in [2.45, 2.75) is 43.9 Å². The van der Waals surface area contributed by atoms with E-state index in [0.717, 1.165) is 34.6 Å². The number of fused-ring (bicyclic) bond motifs is 1. The monoisotopic (exact) mass is 542 g/mol. The molecule has 0 aliphatic rings. The minimum absolute atomic E-state index is 0.0663. The van der Waals surface area contributed by atoms with Crippen LogP contribution in [0.1, 0.15) is 30.4 Å². The third-order valence-electron chi connectivity index (χ3n) is 5.62. The van der Waals surface area contributed by atoms with Crippen molar-refractivity contribution in [2.24, 2.45) is 0 Å². The third kappa shape index (κ3) is 5.33. The van der Waals surface area contributed by atoms with Crippen molar-refractivity contribution in [2.75, 3.05) is 0 Å². The molecule has 190 valence electrons. The average molecular weight is 543 g/mol. The Morgan fingerprint density at radius 3 is 2.57 bits per heavy atom. The number of thioether (sulfide) groups is 1. The molecule has 0 saturated carbocycles. The number of thiophene rings is 1. The molecule has 0 atom stereocenters. The van der Waals surface area contributed by atoms with E-state index in [1.807, 2.05) is 44.2 Å². The van der Waals surface area contributed by atoms with Crippen LogP contribution in [0.15, 0.2) is 69.1 Å². The van der Waals surface area contributed by atoms with Crippen LogP contribution >= 0.6 is 23.1 Å². The van der Waals surface area contributed by atoms with Crippen LogP contribution in [0.4, 0.5) is 13.2 Å². The van der Waals surface area contributed by atoms with E-state index in [-0.39, 0.29) is 28.6 Å². The maximum absolute atomic E-state index is 13.3. The molecule has 0 spiro atoms. The van der Waals surface area contributed by atoms with Crippen molar-refractivity contribution >= 4 is 33.3 Å². The summed E-state index contributed by atoms with van der Waals surface area (Å²) in [4.78, 5) is 23.3. The molecule has 0 fully saturated rings. The second-order valence-electron chi connectivity index (χ2n) is 8.42. The summed E-state index contributed by atoms with van der Waals surface area (Å²) in [5.41, 5.74) is 2.12. The number of alkyl halides is 3. The number of hydrogen-bond acceptors (Lipinski definition) is 7. The molecule has 0 aliphatic carbocycles. The summed E-state index contributed by atoms with van der Waals surface area (Å²) in [5.74, 6) is 0.500. The van der Waals surface area contributed by atoms with E-state index in [2.05, 4.69) is 10.1 Å². The number of benzene rings is 2. The Hall–Kier alpha value is -3.44. The van der Waals surface area contributed by atoms with Gasteiger partial charge in [-0.2, -0.15) is 18.2 Å². The highest BCUT2D eigenvalue weighted by molar-refractivity contribution is 7.98. The van der Waals surface area contributed by atoms with E-state index in [4.69, 9.17) is 9.51 Å². The fourth-order valence-corrected chi connectivity index (χ4v) is 5.69. The van der Waals surface area contributed by atoms with Crippen LogP contribution in [0.5, 0.6) is 0 Å². The molecular formula is C26H21F3N4O2S2. The fourth-order valence-electron chi connectivity index (χ4n) is 3.77. The van der Waals surface area contributed by atoms with Gasteiger partial charge in [-0.25, -0.2) is 4.98 Å². The Balaban J connectivity index is 1.42. The maximum atomic E-state index is 13.3. The molecule has 37 heavy (non-hydrogen) atoms. The molecule has 0 radical (unpaired) electrons. The zero-order chi connectivity index (χ0) is 26.2. The second kappa shape index (κ2) is 10.1. The highest BCUT2D eigenvalue weighted by atomic mass is 32.2. The first kappa shape index (κ1) is 25.2. The minimum Gasteiger partial charge on any atom is -0.338 e. The van der Waals surface area contributed by atoms with Gasteiger partial charge in [0.25, 0.3) is 5.56 Å². The fraction of sp³-hybridized carbons (Fsp3) is 0.231. The van der Waals surface area contributed by atoms with Crippen LogP contribution in [0.2, 0.25) is 0 Å². The normalized spacial score (nSPS) is 11.9. The molecule has 0 amide bonds. The standard InChI is InChI=1S/C26H21F3N4O2S2/c1-3-11-33-24(34)22-19(13-20(37-22)16-9-7-15(2)8-10-16)30-25(33)36-14-21-31-23(32-35-21)17-5-4-6-18(12-17)26(27,28)29/h4-10,12-13H,3,11,14H2,1-2H3. The number of aryl methyl sites for hydroxylation is 1. The Bertz CT molecular complexity index is 1620. The first-order valence-corrected chi connectivity index (χ1v) is 13.3. The molecule has 3 aromatic heterocycles. The molecular weight excluding hydrogens is 521 g/mol. The van der Waals surface area contributed by atoms with Crippen molar-refractivity contribution < 1.29 is 17.7 Å². The van der Waals surface area contributed by atoms with Crippen molar-refractivity contribution in [1.82, 2.24) is 19.7 Å². The highest BCUT2D eigenvalue weighted by Gasteiger charge is 2.30. The lowest BCUT2D eigenvalue weighted by molar-refractivity contribution is -0.137. The van der Waals surface area contributed by atoms with Gasteiger partial charge in [0.05, 0.1) is 16.8 Å². The van der Waals surface area contributed by atoms with E-state index < -0.39 is 11.7 Å². The van der Waals surface area contributed by atoms with Crippen LogP contribution in [-0.4, -0.2) is 19.7 Å². The van der Waals surface area contributed by atoms with Gasteiger partial charge in [-0.3, -0.25) is 9.36 Å². The van der Waals surface area contributed by atoms with Crippen molar-refractivity contribution in [3.63, 3.8) is 0 Å². The molecule has 0 unspecified atom stereocenters. The van der Waals surface area contributed by atoms with E-state index in [9.17, 15) is 18.0 Å². The molecule has 6 nitrogen and oxygen atoms in total. The Labute approximate surface area is 218 Å². The lowest BCUT2D eigenvalue weighted by atomic mass is 10.1. The van der Waals surface area contributed by atoms with Gasteiger partial charge >= 0.3 is 6.18 Å². The minimum atomic E-state index is -4.47. The molecule has 0 bridgehead atoms. The summed E-state index contributed by atoms with van der Waals surface area (Å²) in [6.45, 7) is 4.51.